The number of phenols is 1. The average molecular weight is 362 g/mol. The van der Waals surface area contributed by atoms with Crippen LogP contribution < -0.4 is 5.56 Å². The molecule has 27 heavy (non-hydrogen) atoms. The summed E-state index contributed by atoms with van der Waals surface area (Å²) in [6.07, 6.45) is 5.44. The Kier molecular flexibility index (Phi) is 4.98. The van der Waals surface area contributed by atoms with Gasteiger partial charge in [0.05, 0.1) is 5.69 Å². The molecule has 3 heterocycles. The van der Waals surface area contributed by atoms with Gasteiger partial charge in [-0.25, -0.2) is 4.98 Å². The third kappa shape index (κ3) is 4.06. The molecule has 1 atom stereocenters. The molecule has 6 nitrogen and oxygen atoms in total. The third-order valence-electron chi connectivity index (χ3n) is 5.01. The van der Waals surface area contributed by atoms with Crippen molar-refractivity contribution in [2.75, 3.05) is 13.1 Å². The summed E-state index contributed by atoms with van der Waals surface area (Å²) in [5.74, 6) is 1.08. The molecule has 0 saturated carbocycles. The maximum absolute atomic E-state index is 12.2. The first-order valence-electron chi connectivity index (χ1n) is 9.20. The molecule has 0 spiro atoms. The molecule has 0 aliphatic carbocycles. The van der Waals surface area contributed by atoms with Gasteiger partial charge in [-0.15, -0.1) is 0 Å². The Morgan fingerprint density at radius 3 is 2.93 bits per heavy atom. The Morgan fingerprint density at radius 2 is 2.11 bits per heavy atom. The topological polar surface area (TPSA) is 82.1 Å². The minimum absolute atomic E-state index is 0.142. The van der Waals surface area contributed by atoms with Gasteiger partial charge in [0.15, 0.2) is 0 Å². The molecule has 0 radical (unpaired) electrons. The monoisotopic (exact) mass is 362 g/mol. The first-order valence-corrected chi connectivity index (χ1v) is 9.20. The lowest BCUT2D eigenvalue weighted by atomic mass is 9.94. The number of piperidine rings is 1. The number of nitrogens with one attached hydrogen (secondary N) is 1. The van der Waals surface area contributed by atoms with Gasteiger partial charge < -0.3 is 10.1 Å². The first kappa shape index (κ1) is 17.4. The van der Waals surface area contributed by atoms with E-state index in [0.29, 0.717) is 18.1 Å². The third-order valence-corrected chi connectivity index (χ3v) is 5.01. The van der Waals surface area contributed by atoms with E-state index in [4.69, 9.17) is 4.98 Å². The zero-order chi connectivity index (χ0) is 18.6. The number of pyridine rings is 1. The molecule has 0 unspecified atom stereocenters. The van der Waals surface area contributed by atoms with Crippen LogP contribution in [-0.4, -0.2) is 38.0 Å². The highest BCUT2D eigenvalue weighted by molar-refractivity contribution is 5.52. The molecule has 2 aromatic heterocycles. The van der Waals surface area contributed by atoms with Gasteiger partial charge in [0.2, 0.25) is 0 Å². The van der Waals surface area contributed by atoms with Crippen LogP contribution in [0.3, 0.4) is 0 Å². The number of para-hydroxylation sites is 1. The summed E-state index contributed by atoms with van der Waals surface area (Å²) in [4.78, 5) is 26.1. The van der Waals surface area contributed by atoms with Crippen molar-refractivity contribution in [2.45, 2.75) is 25.3 Å². The number of likely N-dealkylation sites (tertiary alicyclic amines) is 1. The minimum Gasteiger partial charge on any atom is -0.508 e. The number of phenolic OH excluding ortho intramolecular Hbond substituents is 1. The molecular weight excluding hydrogens is 340 g/mol. The van der Waals surface area contributed by atoms with Crippen molar-refractivity contribution in [3.8, 4) is 17.1 Å². The summed E-state index contributed by atoms with van der Waals surface area (Å²) in [5.41, 5.74) is 2.41. The lowest BCUT2D eigenvalue weighted by Gasteiger charge is -2.32. The maximum atomic E-state index is 12.2. The molecule has 1 fully saturated rings. The number of aromatic amines is 1. The van der Waals surface area contributed by atoms with E-state index in [2.05, 4.69) is 14.9 Å². The normalized spacial score (nSPS) is 17.7. The molecule has 1 saturated heterocycles. The number of nitrogens with zero attached hydrogens (tertiary/aromatic N) is 3. The lowest BCUT2D eigenvalue weighted by molar-refractivity contribution is 0.196. The lowest BCUT2D eigenvalue weighted by Crippen LogP contribution is -2.34. The standard InChI is InChI=1S/C21H22N4O2/c26-19-8-2-1-5-17(19)14-25-10-4-7-16(13-25)18-11-20(27)24-21(23-18)15-6-3-9-22-12-15/h1-3,5-6,8-9,11-12,16,26H,4,7,10,13-14H2,(H,23,24,27)/t16-/m0/s1. The highest BCUT2D eigenvalue weighted by Gasteiger charge is 2.24. The van der Waals surface area contributed by atoms with Crippen LogP contribution in [0.5, 0.6) is 5.75 Å². The summed E-state index contributed by atoms with van der Waals surface area (Å²) in [6, 6.07) is 12.8. The fraction of sp³-hybridized carbons (Fsp3) is 0.286. The van der Waals surface area contributed by atoms with Gasteiger partial charge in [0, 0.05) is 48.6 Å². The molecule has 2 N–H and O–H groups in total. The van der Waals surface area contributed by atoms with E-state index < -0.39 is 0 Å². The van der Waals surface area contributed by atoms with E-state index in [-0.39, 0.29) is 11.5 Å². The SMILES string of the molecule is O=c1cc([C@H]2CCCN(Cc3ccccc3O)C2)nc(-c2cccnc2)[nH]1. The number of hydrogen-bond acceptors (Lipinski definition) is 5. The zero-order valence-electron chi connectivity index (χ0n) is 15.0. The fourth-order valence-electron chi connectivity index (χ4n) is 3.65. The molecule has 1 aliphatic heterocycles. The van der Waals surface area contributed by atoms with Gasteiger partial charge in [0.25, 0.3) is 5.56 Å². The van der Waals surface area contributed by atoms with Gasteiger partial charge in [-0.1, -0.05) is 18.2 Å². The van der Waals surface area contributed by atoms with E-state index >= 15 is 0 Å². The van der Waals surface area contributed by atoms with Gasteiger partial charge >= 0.3 is 0 Å². The highest BCUT2D eigenvalue weighted by atomic mass is 16.3. The second kappa shape index (κ2) is 7.72. The summed E-state index contributed by atoms with van der Waals surface area (Å²) in [7, 11) is 0. The zero-order valence-corrected chi connectivity index (χ0v) is 15.0. The molecule has 0 amide bonds. The van der Waals surface area contributed by atoms with Crippen molar-refractivity contribution in [1.82, 2.24) is 19.9 Å². The van der Waals surface area contributed by atoms with E-state index in [9.17, 15) is 9.90 Å². The van der Waals surface area contributed by atoms with Crippen LogP contribution in [-0.2, 0) is 6.54 Å². The van der Waals surface area contributed by atoms with Crippen molar-refractivity contribution in [1.29, 1.82) is 0 Å². The van der Waals surface area contributed by atoms with E-state index in [1.165, 1.54) is 0 Å². The van der Waals surface area contributed by atoms with Crippen LogP contribution in [0.25, 0.3) is 11.4 Å². The number of hydrogen-bond donors (Lipinski definition) is 2. The number of benzene rings is 1. The molecule has 4 rings (SSSR count). The maximum Gasteiger partial charge on any atom is 0.251 e. The second-order valence-electron chi connectivity index (χ2n) is 6.96. The van der Waals surface area contributed by atoms with Gasteiger partial charge in [-0.3, -0.25) is 14.7 Å². The number of rotatable bonds is 4. The molecule has 6 heteroatoms. The number of aromatic nitrogens is 3. The molecule has 0 bridgehead atoms. The Labute approximate surface area is 157 Å². The van der Waals surface area contributed by atoms with Crippen molar-refractivity contribution in [2.24, 2.45) is 0 Å². The Hall–Kier alpha value is -2.99. The Bertz CT molecular complexity index is 971. The largest absolute Gasteiger partial charge is 0.508 e. The van der Waals surface area contributed by atoms with E-state index in [0.717, 1.165) is 42.8 Å². The van der Waals surface area contributed by atoms with Crippen molar-refractivity contribution >= 4 is 0 Å². The Morgan fingerprint density at radius 1 is 1.22 bits per heavy atom. The highest BCUT2D eigenvalue weighted by Crippen LogP contribution is 2.28. The van der Waals surface area contributed by atoms with Crippen molar-refractivity contribution in [3.63, 3.8) is 0 Å². The summed E-state index contributed by atoms with van der Waals surface area (Å²) >= 11 is 0. The molecule has 3 aromatic rings. The number of aromatic hydroxyl groups is 1. The van der Waals surface area contributed by atoms with Gasteiger partial charge in [0.1, 0.15) is 11.6 Å². The fourth-order valence-corrected chi connectivity index (χ4v) is 3.65. The van der Waals surface area contributed by atoms with Gasteiger partial charge in [-0.2, -0.15) is 0 Å². The van der Waals surface area contributed by atoms with Crippen LogP contribution in [0.15, 0.2) is 59.7 Å². The summed E-state index contributed by atoms with van der Waals surface area (Å²) in [5, 5.41) is 10.0. The van der Waals surface area contributed by atoms with Gasteiger partial charge in [-0.05, 0) is 37.6 Å². The van der Waals surface area contributed by atoms with Crippen molar-refractivity contribution < 1.29 is 5.11 Å². The van der Waals surface area contributed by atoms with Crippen LogP contribution in [0.1, 0.15) is 30.0 Å². The van der Waals surface area contributed by atoms with Crippen LogP contribution in [0, 0.1) is 0 Å². The predicted molar refractivity (Wildman–Crippen MR) is 103 cm³/mol. The van der Waals surface area contributed by atoms with Crippen LogP contribution in [0.4, 0.5) is 0 Å². The molecule has 1 aliphatic rings. The quantitative estimate of drug-likeness (QED) is 0.746. The van der Waals surface area contributed by atoms with Crippen molar-refractivity contribution in [3.05, 3.63) is 76.5 Å². The van der Waals surface area contributed by atoms with Crippen LogP contribution >= 0.6 is 0 Å². The van der Waals surface area contributed by atoms with Crippen LogP contribution in [0.2, 0.25) is 0 Å². The minimum atomic E-state index is -0.142. The molecular formula is C21H22N4O2. The smallest absolute Gasteiger partial charge is 0.251 e. The molecule has 138 valence electrons. The average Bonchev–Trinajstić information content (AvgIpc) is 2.70. The first-order chi connectivity index (χ1) is 13.2. The molecule has 1 aromatic carbocycles. The van der Waals surface area contributed by atoms with E-state index in [1.807, 2.05) is 30.3 Å². The number of H-pyrrole nitrogens is 1. The van der Waals surface area contributed by atoms with E-state index in [1.54, 1.807) is 24.5 Å². The summed E-state index contributed by atoms with van der Waals surface area (Å²) in [6.45, 7) is 2.49. The predicted octanol–water partition coefficient (Wildman–Crippen LogP) is 2.92. The second-order valence-corrected chi connectivity index (χ2v) is 6.96. The summed E-state index contributed by atoms with van der Waals surface area (Å²) < 4.78 is 0. The Balaban J connectivity index is 1.55.